The van der Waals surface area contributed by atoms with Gasteiger partial charge in [0.05, 0.1) is 7.11 Å². The van der Waals surface area contributed by atoms with Gasteiger partial charge in [-0.25, -0.2) is 0 Å². The lowest BCUT2D eigenvalue weighted by Gasteiger charge is -2.26. The molecule has 1 aromatic rings. The van der Waals surface area contributed by atoms with E-state index in [-0.39, 0.29) is 0 Å². The summed E-state index contributed by atoms with van der Waals surface area (Å²) in [6, 6.07) is 5.97. The smallest absolute Gasteiger partial charge is 0.122 e. The number of benzene rings is 1. The highest BCUT2D eigenvalue weighted by Crippen LogP contribution is 2.22. The van der Waals surface area contributed by atoms with Gasteiger partial charge >= 0.3 is 0 Å². The molecule has 0 amide bonds. The Morgan fingerprint density at radius 3 is 2.61 bits per heavy atom. The van der Waals surface area contributed by atoms with E-state index in [2.05, 4.69) is 4.90 Å². The molecule has 0 aliphatic carbocycles. The van der Waals surface area contributed by atoms with Crippen molar-refractivity contribution >= 4 is 0 Å². The van der Waals surface area contributed by atoms with E-state index in [9.17, 15) is 0 Å². The molecule has 0 N–H and O–H groups in total. The fourth-order valence-electron chi connectivity index (χ4n) is 2.42. The molecule has 0 saturated carbocycles. The molecule has 1 aliphatic rings. The first-order valence-corrected chi connectivity index (χ1v) is 6.79. The van der Waals surface area contributed by atoms with Crippen molar-refractivity contribution in [3.8, 4) is 11.5 Å². The number of ether oxygens (including phenoxy) is 2. The van der Waals surface area contributed by atoms with Crippen LogP contribution in [0.15, 0.2) is 18.2 Å². The maximum absolute atomic E-state index is 5.79. The van der Waals surface area contributed by atoms with E-state index in [0.29, 0.717) is 0 Å². The Hall–Kier alpha value is -1.22. The number of methoxy groups -OCH3 is 1. The second-order valence-corrected chi connectivity index (χ2v) is 4.88. The van der Waals surface area contributed by atoms with Crippen LogP contribution in [0.25, 0.3) is 0 Å². The molecule has 3 nitrogen and oxygen atoms in total. The van der Waals surface area contributed by atoms with E-state index in [0.717, 1.165) is 30.2 Å². The Morgan fingerprint density at radius 1 is 1.17 bits per heavy atom. The molecule has 1 aliphatic heterocycles. The van der Waals surface area contributed by atoms with Crippen LogP contribution in [0.2, 0.25) is 0 Å². The van der Waals surface area contributed by atoms with Crippen molar-refractivity contribution < 1.29 is 9.47 Å². The maximum atomic E-state index is 5.79. The summed E-state index contributed by atoms with van der Waals surface area (Å²) in [6.45, 7) is 6.29. The van der Waals surface area contributed by atoms with E-state index in [1.807, 2.05) is 25.1 Å². The third-order valence-corrected chi connectivity index (χ3v) is 3.49. The normalized spacial score (nSPS) is 16.6. The summed E-state index contributed by atoms with van der Waals surface area (Å²) < 4.78 is 11.0. The third-order valence-electron chi connectivity index (χ3n) is 3.49. The molecule has 1 saturated heterocycles. The second kappa shape index (κ2) is 6.64. The van der Waals surface area contributed by atoms with Crippen LogP contribution in [0.1, 0.15) is 24.8 Å². The summed E-state index contributed by atoms with van der Waals surface area (Å²) >= 11 is 0. The van der Waals surface area contributed by atoms with Crippen molar-refractivity contribution in [2.75, 3.05) is 33.4 Å². The quantitative estimate of drug-likeness (QED) is 0.801. The van der Waals surface area contributed by atoms with Crippen LogP contribution in [-0.4, -0.2) is 38.3 Å². The van der Waals surface area contributed by atoms with Gasteiger partial charge in [-0.05, 0) is 56.6 Å². The maximum Gasteiger partial charge on any atom is 0.122 e. The first-order valence-electron chi connectivity index (χ1n) is 6.79. The van der Waals surface area contributed by atoms with Crippen molar-refractivity contribution in [2.24, 2.45) is 0 Å². The molecular weight excluding hydrogens is 226 g/mol. The van der Waals surface area contributed by atoms with Gasteiger partial charge in [0.2, 0.25) is 0 Å². The summed E-state index contributed by atoms with van der Waals surface area (Å²) in [5.41, 5.74) is 1.12. The minimum absolute atomic E-state index is 0.770. The van der Waals surface area contributed by atoms with Crippen LogP contribution in [0.3, 0.4) is 0 Å². The summed E-state index contributed by atoms with van der Waals surface area (Å²) in [6.07, 6.45) is 4.05. The predicted octanol–water partition coefficient (Wildman–Crippen LogP) is 2.87. The molecule has 1 heterocycles. The van der Waals surface area contributed by atoms with E-state index < -0.39 is 0 Å². The van der Waals surface area contributed by atoms with Gasteiger partial charge < -0.3 is 9.47 Å². The first kappa shape index (κ1) is 13.2. The Bertz CT molecular complexity index is 373. The summed E-state index contributed by atoms with van der Waals surface area (Å²) in [7, 11) is 1.69. The van der Waals surface area contributed by atoms with Gasteiger partial charge in [-0.15, -0.1) is 0 Å². The van der Waals surface area contributed by atoms with Gasteiger partial charge in [0, 0.05) is 6.54 Å². The lowest BCUT2D eigenvalue weighted by molar-refractivity contribution is 0.183. The SMILES string of the molecule is COc1ccc(OCCN2CCCCC2)cc1C. The summed E-state index contributed by atoms with van der Waals surface area (Å²) in [5.74, 6) is 1.85. The molecule has 1 fully saturated rings. The highest BCUT2D eigenvalue weighted by atomic mass is 16.5. The van der Waals surface area contributed by atoms with Gasteiger partial charge in [-0.3, -0.25) is 4.90 Å². The largest absolute Gasteiger partial charge is 0.496 e. The summed E-state index contributed by atoms with van der Waals surface area (Å²) in [5, 5.41) is 0. The van der Waals surface area contributed by atoms with Crippen molar-refractivity contribution in [3.63, 3.8) is 0 Å². The molecule has 0 unspecified atom stereocenters. The molecule has 2 rings (SSSR count). The van der Waals surface area contributed by atoms with Gasteiger partial charge in [0.25, 0.3) is 0 Å². The highest BCUT2D eigenvalue weighted by molar-refractivity contribution is 5.39. The molecule has 1 aromatic carbocycles. The first-order chi connectivity index (χ1) is 8.79. The average molecular weight is 249 g/mol. The zero-order valence-electron chi connectivity index (χ0n) is 11.4. The summed E-state index contributed by atoms with van der Waals surface area (Å²) in [4.78, 5) is 2.49. The minimum Gasteiger partial charge on any atom is -0.496 e. The molecule has 0 atom stereocenters. The number of nitrogens with zero attached hydrogens (tertiary/aromatic N) is 1. The number of hydrogen-bond donors (Lipinski definition) is 0. The van der Waals surface area contributed by atoms with Crippen LogP contribution in [-0.2, 0) is 0 Å². The number of rotatable bonds is 5. The van der Waals surface area contributed by atoms with E-state index in [4.69, 9.17) is 9.47 Å². The van der Waals surface area contributed by atoms with Gasteiger partial charge in [-0.1, -0.05) is 6.42 Å². The molecule has 100 valence electrons. The van der Waals surface area contributed by atoms with E-state index >= 15 is 0 Å². The van der Waals surface area contributed by atoms with E-state index in [1.165, 1.54) is 32.4 Å². The monoisotopic (exact) mass is 249 g/mol. The Balaban J connectivity index is 1.77. The van der Waals surface area contributed by atoms with Crippen molar-refractivity contribution in [1.82, 2.24) is 4.90 Å². The zero-order valence-corrected chi connectivity index (χ0v) is 11.4. The van der Waals surface area contributed by atoms with E-state index in [1.54, 1.807) is 7.11 Å². The molecule has 0 bridgehead atoms. The minimum atomic E-state index is 0.770. The van der Waals surface area contributed by atoms with Gasteiger partial charge in [0.15, 0.2) is 0 Å². The fraction of sp³-hybridized carbons (Fsp3) is 0.600. The number of likely N-dealkylation sites (tertiary alicyclic amines) is 1. The molecule has 0 radical (unpaired) electrons. The number of aryl methyl sites for hydroxylation is 1. The second-order valence-electron chi connectivity index (χ2n) is 4.88. The number of hydrogen-bond acceptors (Lipinski definition) is 3. The lowest BCUT2D eigenvalue weighted by atomic mass is 10.1. The van der Waals surface area contributed by atoms with Crippen LogP contribution in [0.4, 0.5) is 0 Å². The van der Waals surface area contributed by atoms with Gasteiger partial charge in [-0.2, -0.15) is 0 Å². The van der Waals surface area contributed by atoms with Crippen molar-refractivity contribution in [2.45, 2.75) is 26.2 Å². The average Bonchev–Trinajstić information content (AvgIpc) is 2.40. The Kier molecular flexibility index (Phi) is 4.88. The van der Waals surface area contributed by atoms with Crippen LogP contribution < -0.4 is 9.47 Å². The van der Waals surface area contributed by atoms with Crippen molar-refractivity contribution in [3.05, 3.63) is 23.8 Å². The Morgan fingerprint density at radius 2 is 1.94 bits per heavy atom. The molecule has 18 heavy (non-hydrogen) atoms. The topological polar surface area (TPSA) is 21.7 Å². The molecule has 3 heteroatoms. The molecule has 0 spiro atoms. The molecular formula is C15H23NO2. The Labute approximate surface area is 110 Å². The van der Waals surface area contributed by atoms with Gasteiger partial charge in [0.1, 0.15) is 18.1 Å². The zero-order chi connectivity index (χ0) is 12.8. The highest BCUT2D eigenvalue weighted by Gasteiger charge is 2.09. The fourth-order valence-corrected chi connectivity index (χ4v) is 2.42. The lowest BCUT2D eigenvalue weighted by Crippen LogP contribution is -2.33. The molecule has 0 aromatic heterocycles. The van der Waals surface area contributed by atoms with Crippen LogP contribution in [0.5, 0.6) is 11.5 Å². The predicted molar refractivity (Wildman–Crippen MR) is 73.5 cm³/mol. The number of piperidine rings is 1. The standard InChI is InChI=1S/C15H23NO2/c1-13-12-14(6-7-15(13)17-2)18-11-10-16-8-4-3-5-9-16/h6-7,12H,3-5,8-11H2,1-2H3. The third kappa shape index (κ3) is 3.64. The van der Waals surface area contributed by atoms with Crippen LogP contribution >= 0.6 is 0 Å². The van der Waals surface area contributed by atoms with Crippen LogP contribution in [0, 0.1) is 6.92 Å². The van der Waals surface area contributed by atoms with Crippen molar-refractivity contribution in [1.29, 1.82) is 0 Å².